The fourth-order valence-corrected chi connectivity index (χ4v) is 1.90. The van der Waals surface area contributed by atoms with Crippen LogP contribution in [0.25, 0.3) is 0 Å². The molecule has 0 unspecified atom stereocenters. The highest BCUT2D eigenvalue weighted by Crippen LogP contribution is 2.14. The molecular weight excluding hydrogens is 266 g/mol. The largest absolute Gasteiger partial charge is 0.497 e. The number of benzene rings is 2. The van der Waals surface area contributed by atoms with E-state index in [4.69, 9.17) is 10.5 Å². The molecule has 0 saturated carbocycles. The summed E-state index contributed by atoms with van der Waals surface area (Å²) in [6.07, 6.45) is 0.591. The lowest BCUT2D eigenvalue weighted by Gasteiger charge is -2.08. The van der Waals surface area contributed by atoms with Crippen LogP contribution >= 0.6 is 0 Å². The number of nitrogens with one attached hydrogen (secondary N) is 1. The highest BCUT2D eigenvalue weighted by atomic mass is 16.5. The monoisotopic (exact) mass is 283 g/mol. The molecule has 2 aromatic rings. The van der Waals surface area contributed by atoms with Gasteiger partial charge in [-0.25, -0.2) is 10.2 Å². The summed E-state index contributed by atoms with van der Waals surface area (Å²) in [5, 5.41) is 4.10. The quantitative estimate of drug-likeness (QED) is 0.652. The number of primary amides is 1. The Hall–Kier alpha value is -2.82. The average molecular weight is 283 g/mol. The molecule has 2 rings (SSSR count). The van der Waals surface area contributed by atoms with E-state index in [-0.39, 0.29) is 0 Å². The molecule has 5 nitrogen and oxygen atoms in total. The predicted molar refractivity (Wildman–Crippen MR) is 82.4 cm³/mol. The minimum atomic E-state index is -0.686. The van der Waals surface area contributed by atoms with Crippen LogP contribution in [0.5, 0.6) is 5.75 Å². The van der Waals surface area contributed by atoms with Gasteiger partial charge in [-0.2, -0.15) is 5.10 Å². The number of ether oxygens (including phenoxy) is 1. The third-order valence-corrected chi connectivity index (χ3v) is 2.94. The zero-order valence-electron chi connectivity index (χ0n) is 11.7. The van der Waals surface area contributed by atoms with Gasteiger partial charge < -0.3 is 10.5 Å². The number of hydrogen-bond acceptors (Lipinski definition) is 3. The van der Waals surface area contributed by atoms with Gasteiger partial charge in [-0.3, -0.25) is 0 Å². The van der Waals surface area contributed by atoms with E-state index in [0.717, 1.165) is 22.6 Å². The molecule has 0 radical (unpaired) electrons. The van der Waals surface area contributed by atoms with E-state index in [1.807, 2.05) is 54.6 Å². The Morgan fingerprint density at radius 2 is 1.81 bits per heavy atom. The van der Waals surface area contributed by atoms with Crippen LogP contribution in [0.1, 0.15) is 11.1 Å². The van der Waals surface area contributed by atoms with E-state index in [9.17, 15) is 4.79 Å². The van der Waals surface area contributed by atoms with Gasteiger partial charge in [0.05, 0.1) is 12.8 Å². The Morgan fingerprint density at radius 3 is 2.38 bits per heavy atom. The Kier molecular flexibility index (Phi) is 4.93. The average Bonchev–Trinajstić information content (AvgIpc) is 2.52. The molecule has 0 aromatic heterocycles. The summed E-state index contributed by atoms with van der Waals surface area (Å²) in [4.78, 5) is 10.9. The first-order valence-electron chi connectivity index (χ1n) is 6.49. The summed E-state index contributed by atoms with van der Waals surface area (Å²) in [5.41, 5.74) is 10.1. The van der Waals surface area contributed by atoms with Gasteiger partial charge in [-0.05, 0) is 35.4 Å². The van der Waals surface area contributed by atoms with Gasteiger partial charge in [0, 0.05) is 6.42 Å². The molecule has 3 N–H and O–H groups in total. The number of amides is 2. The predicted octanol–water partition coefficient (Wildman–Crippen LogP) is 2.31. The van der Waals surface area contributed by atoms with E-state index in [1.54, 1.807) is 7.11 Å². The van der Waals surface area contributed by atoms with Crippen molar-refractivity contribution in [1.29, 1.82) is 0 Å². The molecule has 0 atom stereocenters. The highest BCUT2D eigenvalue weighted by Gasteiger charge is 2.06. The van der Waals surface area contributed by atoms with Crippen molar-refractivity contribution in [1.82, 2.24) is 5.43 Å². The maximum absolute atomic E-state index is 10.9. The first kappa shape index (κ1) is 14.6. The molecule has 21 heavy (non-hydrogen) atoms. The van der Waals surface area contributed by atoms with Gasteiger partial charge in [0.2, 0.25) is 0 Å². The molecule has 0 spiro atoms. The normalized spacial score (nSPS) is 11.0. The zero-order valence-corrected chi connectivity index (χ0v) is 11.7. The van der Waals surface area contributed by atoms with Crippen LogP contribution in [0.2, 0.25) is 0 Å². The van der Waals surface area contributed by atoms with Crippen molar-refractivity contribution in [3.8, 4) is 5.75 Å². The Morgan fingerprint density at radius 1 is 1.14 bits per heavy atom. The van der Waals surface area contributed by atoms with Gasteiger partial charge in [-0.1, -0.05) is 30.3 Å². The highest BCUT2D eigenvalue weighted by molar-refractivity contribution is 6.02. The second-order valence-corrected chi connectivity index (χ2v) is 4.43. The SMILES string of the molecule is COc1ccc(/C(Cc2ccccc2)=N\NC(N)=O)cc1. The van der Waals surface area contributed by atoms with Crippen LogP contribution in [-0.2, 0) is 6.42 Å². The zero-order chi connectivity index (χ0) is 15.1. The third kappa shape index (κ3) is 4.35. The molecule has 0 aliphatic rings. The van der Waals surface area contributed by atoms with Crippen molar-refractivity contribution in [2.24, 2.45) is 10.8 Å². The van der Waals surface area contributed by atoms with E-state index in [2.05, 4.69) is 10.5 Å². The summed E-state index contributed by atoms with van der Waals surface area (Å²) in [6.45, 7) is 0. The summed E-state index contributed by atoms with van der Waals surface area (Å²) in [5.74, 6) is 0.765. The van der Waals surface area contributed by atoms with Crippen LogP contribution < -0.4 is 15.9 Å². The second kappa shape index (κ2) is 7.09. The lowest BCUT2D eigenvalue weighted by molar-refractivity contribution is 0.249. The fraction of sp³-hybridized carbons (Fsp3) is 0.125. The topological polar surface area (TPSA) is 76.7 Å². The Balaban J connectivity index is 2.26. The molecule has 0 fully saturated rings. The maximum atomic E-state index is 10.9. The number of rotatable bonds is 5. The number of methoxy groups -OCH3 is 1. The van der Waals surface area contributed by atoms with Crippen molar-refractivity contribution in [2.75, 3.05) is 7.11 Å². The van der Waals surface area contributed by atoms with Crippen LogP contribution in [0.15, 0.2) is 59.7 Å². The molecule has 108 valence electrons. The number of nitrogens with zero attached hydrogens (tertiary/aromatic N) is 1. The molecule has 0 saturated heterocycles. The molecule has 0 bridgehead atoms. The number of nitrogens with two attached hydrogens (primary N) is 1. The van der Waals surface area contributed by atoms with Crippen molar-refractivity contribution in [2.45, 2.75) is 6.42 Å². The number of carbonyl (C=O) groups excluding carboxylic acids is 1. The van der Waals surface area contributed by atoms with Crippen molar-refractivity contribution in [3.63, 3.8) is 0 Å². The molecule has 0 aliphatic heterocycles. The van der Waals surface area contributed by atoms with Crippen molar-refractivity contribution >= 4 is 11.7 Å². The van der Waals surface area contributed by atoms with E-state index in [1.165, 1.54) is 0 Å². The molecule has 2 aromatic carbocycles. The van der Waals surface area contributed by atoms with Crippen molar-refractivity contribution < 1.29 is 9.53 Å². The van der Waals surface area contributed by atoms with Gasteiger partial charge in [0.1, 0.15) is 5.75 Å². The van der Waals surface area contributed by atoms with Gasteiger partial charge in [0.25, 0.3) is 0 Å². The third-order valence-electron chi connectivity index (χ3n) is 2.94. The van der Waals surface area contributed by atoms with E-state index >= 15 is 0 Å². The lowest BCUT2D eigenvalue weighted by Crippen LogP contribution is -2.26. The van der Waals surface area contributed by atoms with Crippen LogP contribution in [0, 0.1) is 0 Å². The second-order valence-electron chi connectivity index (χ2n) is 4.43. The minimum Gasteiger partial charge on any atom is -0.497 e. The van der Waals surface area contributed by atoms with Gasteiger partial charge in [0.15, 0.2) is 0 Å². The summed E-state index contributed by atoms with van der Waals surface area (Å²) >= 11 is 0. The van der Waals surface area contributed by atoms with Gasteiger partial charge >= 0.3 is 6.03 Å². The number of carbonyl (C=O) groups is 1. The van der Waals surface area contributed by atoms with Crippen LogP contribution in [-0.4, -0.2) is 18.9 Å². The number of hydrazone groups is 1. The summed E-state index contributed by atoms with van der Waals surface area (Å²) in [7, 11) is 1.61. The molecule has 0 aliphatic carbocycles. The van der Waals surface area contributed by atoms with Crippen LogP contribution in [0.4, 0.5) is 4.79 Å². The molecule has 0 heterocycles. The fourth-order valence-electron chi connectivity index (χ4n) is 1.90. The Labute approximate surface area is 123 Å². The summed E-state index contributed by atoms with van der Waals surface area (Å²) < 4.78 is 5.14. The minimum absolute atomic E-state index is 0.591. The van der Waals surface area contributed by atoms with E-state index < -0.39 is 6.03 Å². The number of urea groups is 1. The molecular formula is C16H17N3O2. The smallest absolute Gasteiger partial charge is 0.332 e. The first-order chi connectivity index (χ1) is 10.2. The maximum Gasteiger partial charge on any atom is 0.332 e. The van der Waals surface area contributed by atoms with Crippen LogP contribution in [0.3, 0.4) is 0 Å². The van der Waals surface area contributed by atoms with Gasteiger partial charge in [-0.15, -0.1) is 0 Å². The molecule has 5 heteroatoms. The Bertz CT molecular complexity index is 622. The van der Waals surface area contributed by atoms with E-state index in [0.29, 0.717) is 6.42 Å². The van der Waals surface area contributed by atoms with Crippen molar-refractivity contribution in [3.05, 3.63) is 65.7 Å². The summed E-state index contributed by atoms with van der Waals surface area (Å²) in [6, 6.07) is 16.7. The standard InChI is InChI=1S/C16H17N3O2/c1-21-14-9-7-13(8-10-14)15(18-19-16(17)20)11-12-5-3-2-4-6-12/h2-10H,11H2,1H3,(H3,17,19,20)/b18-15-. The first-order valence-corrected chi connectivity index (χ1v) is 6.49. The lowest BCUT2D eigenvalue weighted by atomic mass is 10.0. The molecule has 2 amide bonds. The number of hydrogen-bond donors (Lipinski definition) is 2.